The molecule has 5 aliphatic rings. The monoisotopic (exact) mass is 518 g/mol. The zero-order valence-electron chi connectivity index (χ0n) is 23.0. The Kier molecular flexibility index (Phi) is 6.98. The van der Waals surface area contributed by atoms with Gasteiger partial charge in [0, 0.05) is 36.6 Å². The summed E-state index contributed by atoms with van der Waals surface area (Å²) in [5, 5.41) is 9.42. The van der Waals surface area contributed by atoms with Crippen LogP contribution in [-0.4, -0.2) is 68.2 Å². The van der Waals surface area contributed by atoms with Gasteiger partial charge >= 0.3 is 5.97 Å². The fourth-order valence-corrected chi connectivity index (χ4v) is 9.64. The van der Waals surface area contributed by atoms with E-state index in [-0.39, 0.29) is 6.54 Å². The third-order valence-electron chi connectivity index (χ3n) is 11.0. The Labute approximate surface area is 227 Å². The summed E-state index contributed by atoms with van der Waals surface area (Å²) < 4.78 is 2.65. The Bertz CT molecular complexity index is 1120. The average Bonchev–Trinajstić information content (AvgIpc) is 3.21. The van der Waals surface area contributed by atoms with Gasteiger partial charge in [0.05, 0.1) is 17.6 Å². The molecule has 0 amide bonds. The van der Waals surface area contributed by atoms with Gasteiger partial charge in [-0.3, -0.25) is 14.6 Å². The highest BCUT2D eigenvalue weighted by atomic mass is 16.4. The summed E-state index contributed by atoms with van der Waals surface area (Å²) in [4.78, 5) is 21.9. The van der Waals surface area contributed by atoms with Gasteiger partial charge in [-0.1, -0.05) is 44.2 Å². The zero-order chi connectivity index (χ0) is 25.6. The fourth-order valence-electron chi connectivity index (χ4n) is 9.64. The molecule has 3 unspecified atom stereocenters. The van der Waals surface area contributed by atoms with Crippen molar-refractivity contribution in [2.45, 2.75) is 120 Å². The topological polar surface area (TPSA) is 61.6 Å². The number of benzene rings is 1. The summed E-state index contributed by atoms with van der Waals surface area (Å²) in [5.41, 5.74) is 2.40. The molecule has 3 saturated heterocycles. The molecule has 38 heavy (non-hydrogen) atoms. The van der Waals surface area contributed by atoms with Crippen LogP contribution in [0.3, 0.4) is 0 Å². The summed E-state index contributed by atoms with van der Waals surface area (Å²) in [6, 6.07) is 11.5. The molecule has 206 valence electrons. The Balaban J connectivity index is 1.17. The molecule has 2 saturated carbocycles. The van der Waals surface area contributed by atoms with E-state index in [1.807, 2.05) is 0 Å². The highest BCUT2D eigenvalue weighted by molar-refractivity contribution is 5.76. The normalized spacial score (nSPS) is 36.7. The lowest BCUT2D eigenvalue weighted by atomic mass is 9.73. The fraction of sp³-hybridized carbons (Fsp3) is 0.750. The van der Waals surface area contributed by atoms with Gasteiger partial charge in [0.1, 0.15) is 5.82 Å². The van der Waals surface area contributed by atoms with E-state index >= 15 is 0 Å². The van der Waals surface area contributed by atoms with Crippen LogP contribution in [0.5, 0.6) is 0 Å². The van der Waals surface area contributed by atoms with Gasteiger partial charge in [-0.2, -0.15) is 0 Å². The van der Waals surface area contributed by atoms with Crippen molar-refractivity contribution < 1.29 is 9.90 Å². The van der Waals surface area contributed by atoms with Gasteiger partial charge < -0.3 is 9.67 Å². The van der Waals surface area contributed by atoms with Gasteiger partial charge in [-0.15, -0.1) is 0 Å². The number of hydrogen-bond acceptors (Lipinski definition) is 4. The molecule has 4 heterocycles. The van der Waals surface area contributed by atoms with Crippen molar-refractivity contribution in [3.63, 3.8) is 0 Å². The number of para-hydroxylation sites is 2. The minimum absolute atomic E-state index is 0.142. The van der Waals surface area contributed by atoms with Crippen molar-refractivity contribution in [3.8, 4) is 0 Å². The molecule has 4 bridgehead atoms. The van der Waals surface area contributed by atoms with E-state index in [4.69, 9.17) is 4.98 Å². The van der Waals surface area contributed by atoms with Crippen LogP contribution in [0.1, 0.15) is 108 Å². The quantitative estimate of drug-likeness (QED) is 0.509. The molecule has 6 heteroatoms. The lowest BCUT2D eigenvalue weighted by Crippen LogP contribution is -2.58. The number of nitrogens with zero attached hydrogens (tertiary/aromatic N) is 4. The van der Waals surface area contributed by atoms with Crippen LogP contribution < -0.4 is 0 Å². The Morgan fingerprint density at radius 2 is 1.55 bits per heavy atom. The van der Waals surface area contributed by atoms with E-state index in [2.05, 4.69) is 38.6 Å². The maximum atomic E-state index is 11.5. The lowest BCUT2D eigenvalue weighted by molar-refractivity contribution is -0.138. The smallest absolute Gasteiger partial charge is 0.317 e. The summed E-state index contributed by atoms with van der Waals surface area (Å²) in [6.45, 7) is 1.84. The third-order valence-corrected chi connectivity index (χ3v) is 11.0. The van der Waals surface area contributed by atoms with E-state index in [0.717, 1.165) is 49.3 Å². The molecule has 0 spiro atoms. The van der Waals surface area contributed by atoms with Crippen molar-refractivity contribution in [1.82, 2.24) is 19.4 Å². The summed E-state index contributed by atoms with van der Waals surface area (Å²) in [6.07, 6.45) is 19.1. The van der Waals surface area contributed by atoms with Crippen LogP contribution >= 0.6 is 0 Å². The molecule has 2 aliphatic carbocycles. The molecule has 1 N–H and O–H groups in total. The number of piperidine rings is 3. The van der Waals surface area contributed by atoms with E-state index in [1.54, 1.807) is 0 Å². The number of carboxylic acids is 1. The molecule has 2 aromatic rings. The second-order valence-electron chi connectivity index (χ2n) is 13.5. The molecule has 3 aliphatic heterocycles. The SMILES string of the molecule is O=C(O)CN1CCCC(c2nc3ccccc3n2C2C[C@H]3CCC[C@@H](C2)N3C2C[C@H]3CCCC[C@@H](C2)C3)C1. The molecule has 1 aromatic heterocycles. The van der Waals surface area contributed by atoms with Crippen LogP contribution in [0.4, 0.5) is 0 Å². The van der Waals surface area contributed by atoms with Gasteiger partial charge in [0.15, 0.2) is 0 Å². The predicted octanol–water partition coefficient (Wildman–Crippen LogP) is 6.22. The first-order valence-electron chi connectivity index (χ1n) is 15.8. The number of hydrogen-bond donors (Lipinski definition) is 1. The number of carbonyl (C=O) groups is 1. The largest absolute Gasteiger partial charge is 0.480 e. The number of rotatable bonds is 5. The molecule has 6 nitrogen and oxygen atoms in total. The highest BCUT2D eigenvalue weighted by Gasteiger charge is 2.45. The van der Waals surface area contributed by atoms with E-state index in [1.165, 1.54) is 88.4 Å². The molecule has 1 aromatic carbocycles. The zero-order valence-corrected chi connectivity index (χ0v) is 23.0. The van der Waals surface area contributed by atoms with Crippen LogP contribution in [-0.2, 0) is 4.79 Å². The van der Waals surface area contributed by atoms with Crippen molar-refractivity contribution in [1.29, 1.82) is 0 Å². The summed E-state index contributed by atoms with van der Waals surface area (Å²) >= 11 is 0. The first kappa shape index (κ1) is 25.1. The van der Waals surface area contributed by atoms with Gasteiger partial charge in [-0.25, -0.2) is 4.98 Å². The molecule has 7 rings (SSSR count). The minimum Gasteiger partial charge on any atom is -0.480 e. The number of imidazole rings is 1. The van der Waals surface area contributed by atoms with Gasteiger partial charge in [0.25, 0.3) is 0 Å². The van der Waals surface area contributed by atoms with Crippen molar-refractivity contribution >= 4 is 17.0 Å². The summed E-state index contributed by atoms with van der Waals surface area (Å²) in [5.74, 6) is 2.77. The van der Waals surface area contributed by atoms with Crippen LogP contribution in [0, 0.1) is 11.8 Å². The molecule has 0 radical (unpaired) electrons. The maximum absolute atomic E-state index is 11.5. The Hall–Kier alpha value is -1.92. The molecule has 5 fully saturated rings. The van der Waals surface area contributed by atoms with E-state index in [0.29, 0.717) is 24.0 Å². The maximum Gasteiger partial charge on any atom is 0.317 e. The average molecular weight is 519 g/mol. The molecular weight excluding hydrogens is 472 g/mol. The van der Waals surface area contributed by atoms with Crippen molar-refractivity contribution in [2.75, 3.05) is 19.6 Å². The van der Waals surface area contributed by atoms with Crippen molar-refractivity contribution in [2.24, 2.45) is 11.8 Å². The minimum atomic E-state index is -0.720. The molecular formula is C32H46N4O2. The van der Waals surface area contributed by atoms with Gasteiger partial charge in [-0.05, 0) is 88.3 Å². The second-order valence-corrected chi connectivity index (χ2v) is 13.5. The van der Waals surface area contributed by atoms with E-state index in [9.17, 15) is 9.90 Å². The highest BCUT2D eigenvalue weighted by Crippen LogP contribution is 2.48. The first-order valence-corrected chi connectivity index (χ1v) is 15.8. The number of fused-ring (bicyclic) bond motifs is 5. The third kappa shape index (κ3) is 4.81. The molecule has 7 atom stereocenters. The lowest BCUT2D eigenvalue weighted by Gasteiger charge is -2.55. The second kappa shape index (κ2) is 10.6. The van der Waals surface area contributed by atoms with Crippen LogP contribution in [0.2, 0.25) is 0 Å². The van der Waals surface area contributed by atoms with Gasteiger partial charge in [0.2, 0.25) is 0 Å². The Morgan fingerprint density at radius 1 is 0.816 bits per heavy atom. The number of aliphatic carboxylic acids is 1. The standard InChI is InChI=1S/C32H46N4O2/c37-31(38)21-34-14-6-9-24(20-34)32-33-29-12-3-4-13-30(29)36(32)28-18-25-10-5-11-26(19-28)35(25)27-16-22-7-1-2-8-23(15-22)17-27/h3-4,12-13,22-28H,1-2,5-11,14-21H2,(H,37,38)/t22-,23+,24?,25-,26+,27?,28?. The number of aromatic nitrogens is 2. The van der Waals surface area contributed by atoms with E-state index < -0.39 is 5.97 Å². The first-order chi connectivity index (χ1) is 18.6. The Morgan fingerprint density at radius 3 is 2.29 bits per heavy atom. The predicted molar refractivity (Wildman–Crippen MR) is 150 cm³/mol. The van der Waals surface area contributed by atoms with Crippen LogP contribution in [0.25, 0.3) is 11.0 Å². The van der Waals surface area contributed by atoms with Crippen LogP contribution in [0.15, 0.2) is 24.3 Å². The van der Waals surface area contributed by atoms with Crippen molar-refractivity contribution in [3.05, 3.63) is 30.1 Å². The number of carboxylic acid groups (broad SMARTS) is 1. The number of likely N-dealkylation sites (tertiary alicyclic amines) is 1. The summed E-state index contributed by atoms with van der Waals surface area (Å²) in [7, 11) is 0.